The van der Waals surface area contributed by atoms with E-state index in [2.05, 4.69) is 83.0 Å². The smallest absolute Gasteiger partial charge is 0.244 e. The Morgan fingerprint density at radius 2 is 1.97 bits per heavy atom. The van der Waals surface area contributed by atoms with Gasteiger partial charge in [-0.05, 0) is 58.0 Å². The summed E-state index contributed by atoms with van der Waals surface area (Å²) < 4.78 is 8.75. The number of nitrogens with one attached hydrogen (secondary N) is 1. The van der Waals surface area contributed by atoms with Crippen LogP contribution in [0.2, 0.25) is 0 Å². The number of para-hydroxylation sites is 1. The summed E-state index contributed by atoms with van der Waals surface area (Å²) in [7, 11) is 2.17. The average Bonchev–Trinajstić information content (AvgIpc) is 3.37. The number of hydrogen-bond donors (Lipinski definition) is 1. The topological polar surface area (TPSA) is 35.4 Å². The fourth-order valence-electron chi connectivity index (χ4n) is 5.27. The van der Waals surface area contributed by atoms with Crippen LogP contribution in [0.15, 0.2) is 36.4 Å². The molecule has 0 bridgehead atoms. The molecule has 1 fully saturated rings. The summed E-state index contributed by atoms with van der Waals surface area (Å²) in [6.45, 7) is 8.72. The van der Waals surface area contributed by atoms with Gasteiger partial charge in [-0.15, -0.1) is 4.68 Å². The lowest BCUT2D eigenvalue weighted by molar-refractivity contribution is -0.725. The average molecular weight is 402 g/mol. The molecule has 6 rings (SSSR count). The van der Waals surface area contributed by atoms with E-state index in [4.69, 9.17) is 4.74 Å². The van der Waals surface area contributed by atoms with Crippen molar-refractivity contribution in [1.82, 2.24) is 10.00 Å². The first kappa shape index (κ1) is 18.0. The SMILES string of the molecule is CN1c2ccccc2-c2[nH][n+](CCN3CCCC3)c3cc4c(c1c23)C=CC(C)(C)O4. The van der Waals surface area contributed by atoms with E-state index in [-0.39, 0.29) is 5.60 Å². The van der Waals surface area contributed by atoms with Crippen LogP contribution in [0.25, 0.3) is 28.2 Å². The first-order valence-electron chi connectivity index (χ1n) is 11.1. The molecule has 30 heavy (non-hydrogen) atoms. The molecule has 3 aliphatic heterocycles. The second-order valence-electron chi connectivity index (χ2n) is 9.33. The minimum atomic E-state index is -0.294. The summed E-state index contributed by atoms with van der Waals surface area (Å²) in [5.74, 6) is 0.969. The Morgan fingerprint density at radius 1 is 1.17 bits per heavy atom. The van der Waals surface area contributed by atoms with Crippen molar-refractivity contribution in [3.63, 3.8) is 0 Å². The first-order chi connectivity index (χ1) is 14.5. The highest BCUT2D eigenvalue weighted by molar-refractivity contribution is 6.12. The van der Waals surface area contributed by atoms with Gasteiger partial charge in [0, 0.05) is 18.2 Å². The molecule has 0 atom stereocenters. The zero-order valence-corrected chi connectivity index (χ0v) is 18.0. The molecule has 154 valence electrons. The number of H-pyrrole nitrogens is 1. The monoisotopic (exact) mass is 401 g/mol. The third-order valence-corrected chi connectivity index (χ3v) is 6.80. The lowest BCUT2D eigenvalue weighted by Gasteiger charge is -2.33. The molecule has 0 radical (unpaired) electrons. The fourth-order valence-corrected chi connectivity index (χ4v) is 5.27. The van der Waals surface area contributed by atoms with Crippen LogP contribution in [-0.4, -0.2) is 42.3 Å². The van der Waals surface area contributed by atoms with E-state index in [0.29, 0.717) is 0 Å². The van der Waals surface area contributed by atoms with Gasteiger partial charge in [-0.1, -0.05) is 18.2 Å². The van der Waals surface area contributed by atoms with E-state index in [1.54, 1.807) is 0 Å². The summed E-state index contributed by atoms with van der Waals surface area (Å²) in [6, 6.07) is 10.9. The molecule has 1 aromatic heterocycles. The van der Waals surface area contributed by atoms with E-state index < -0.39 is 0 Å². The van der Waals surface area contributed by atoms with Crippen LogP contribution in [0.4, 0.5) is 11.4 Å². The van der Waals surface area contributed by atoms with E-state index >= 15 is 0 Å². The molecule has 0 aliphatic carbocycles. The molecule has 3 aromatic rings. The minimum absolute atomic E-state index is 0.294. The van der Waals surface area contributed by atoms with Gasteiger partial charge in [0.15, 0.2) is 6.54 Å². The Bertz CT molecular complexity index is 1180. The van der Waals surface area contributed by atoms with E-state index in [1.165, 1.54) is 65.0 Å². The van der Waals surface area contributed by atoms with Gasteiger partial charge in [0.25, 0.3) is 0 Å². The van der Waals surface area contributed by atoms with Crippen LogP contribution in [0.3, 0.4) is 0 Å². The maximum absolute atomic E-state index is 6.42. The second kappa shape index (κ2) is 6.35. The van der Waals surface area contributed by atoms with Crippen molar-refractivity contribution in [3.8, 4) is 17.0 Å². The van der Waals surface area contributed by atoms with Gasteiger partial charge in [-0.25, -0.2) is 0 Å². The molecule has 5 nitrogen and oxygen atoms in total. The first-order valence-corrected chi connectivity index (χ1v) is 11.1. The molecule has 0 spiro atoms. The Labute approximate surface area is 177 Å². The minimum Gasteiger partial charge on any atom is -0.483 e. The maximum atomic E-state index is 6.42. The van der Waals surface area contributed by atoms with Crippen molar-refractivity contribution in [1.29, 1.82) is 0 Å². The summed E-state index contributed by atoms with van der Waals surface area (Å²) in [5, 5.41) is 5.06. The zero-order chi connectivity index (χ0) is 20.5. The molecular formula is C25H29N4O+. The van der Waals surface area contributed by atoms with Gasteiger partial charge in [0.05, 0.1) is 24.0 Å². The Hall–Kier alpha value is -2.79. The van der Waals surface area contributed by atoms with Gasteiger partial charge in [0.2, 0.25) is 5.52 Å². The second-order valence-corrected chi connectivity index (χ2v) is 9.33. The van der Waals surface area contributed by atoms with Crippen LogP contribution in [0.5, 0.6) is 5.75 Å². The quantitative estimate of drug-likeness (QED) is 0.657. The largest absolute Gasteiger partial charge is 0.483 e. The zero-order valence-electron chi connectivity index (χ0n) is 18.0. The number of aromatic amines is 1. The molecule has 1 N–H and O–H groups in total. The summed E-state index contributed by atoms with van der Waals surface area (Å²) in [6.07, 6.45) is 7.06. The lowest BCUT2D eigenvalue weighted by atomic mass is 9.93. The maximum Gasteiger partial charge on any atom is 0.244 e. The third-order valence-electron chi connectivity index (χ3n) is 6.80. The molecule has 1 saturated heterocycles. The number of nitrogens with zero attached hydrogens (tertiary/aromatic N) is 3. The molecule has 0 amide bonds. The summed E-state index contributed by atoms with van der Waals surface area (Å²) in [5.41, 5.74) is 7.05. The van der Waals surface area contributed by atoms with Crippen LogP contribution >= 0.6 is 0 Å². The van der Waals surface area contributed by atoms with Crippen molar-refractivity contribution in [3.05, 3.63) is 42.0 Å². The number of rotatable bonds is 3. The van der Waals surface area contributed by atoms with Gasteiger partial charge in [-0.3, -0.25) is 4.90 Å². The van der Waals surface area contributed by atoms with Crippen molar-refractivity contribution in [2.75, 3.05) is 31.6 Å². The standard InChI is InChI=1S/C25H28N4O/c1-25(2)11-10-18-21(30-25)16-20-22-23(26-29(20)15-14-28-12-6-7-13-28)17-8-4-5-9-19(17)27(3)24(18)22/h4-5,8-11,16H,6-7,12-15H2,1-3H3/p+1. The van der Waals surface area contributed by atoms with E-state index in [1.807, 2.05) is 0 Å². The molecule has 4 heterocycles. The van der Waals surface area contributed by atoms with Gasteiger partial charge < -0.3 is 9.64 Å². The summed E-state index contributed by atoms with van der Waals surface area (Å²) in [4.78, 5) is 4.90. The summed E-state index contributed by atoms with van der Waals surface area (Å²) >= 11 is 0. The fraction of sp³-hybridized carbons (Fsp3) is 0.400. The van der Waals surface area contributed by atoms with Crippen molar-refractivity contribution in [2.45, 2.75) is 38.8 Å². The number of hydrogen-bond acceptors (Lipinski definition) is 3. The van der Waals surface area contributed by atoms with E-state index in [9.17, 15) is 0 Å². The van der Waals surface area contributed by atoms with Crippen LogP contribution in [0.1, 0.15) is 32.3 Å². The van der Waals surface area contributed by atoms with Gasteiger partial charge in [0.1, 0.15) is 22.4 Å². The van der Waals surface area contributed by atoms with Gasteiger partial charge >= 0.3 is 0 Å². The molecule has 3 aliphatic rings. The number of likely N-dealkylation sites (tertiary alicyclic amines) is 1. The number of benzene rings is 2. The van der Waals surface area contributed by atoms with Gasteiger partial charge in [-0.2, -0.15) is 5.10 Å². The predicted molar refractivity (Wildman–Crippen MR) is 121 cm³/mol. The highest BCUT2D eigenvalue weighted by atomic mass is 16.5. The Morgan fingerprint density at radius 3 is 2.80 bits per heavy atom. The number of ether oxygens (including phenoxy) is 1. The van der Waals surface area contributed by atoms with Crippen LogP contribution in [0, 0.1) is 0 Å². The third kappa shape index (κ3) is 2.61. The Kier molecular flexibility index (Phi) is 3.81. The van der Waals surface area contributed by atoms with Crippen LogP contribution < -0.4 is 14.3 Å². The van der Waals surface area contributed by atoms with Crippen molar-refractivity contribution < 1.29 is 9.42 Å². The number of anilines is 2. The predicted octanol–water partition coefficient (Wildman–Crippen LogP) is 4.48. The number of aromatic nitrogens is 2. The molecular weight excluding hydrogens is 372 g/mol. The van der Waals surface area contributed by atoms with Crippen molar-refractivity contribution in [2.24, 2.45) is 0 Å². The van der Waals surface area contributed by atoms with Crippen molar-refractivity contribution >= 4 is 28.4 Å². The Balaban J connectivity index is 1.57. The highest BCUT2D eigenvalue weighted by Gasteiger charge is 2.35. The highest BCUT2D eigenvalue weighted by Crippen LogP contribution is 2.51. The molecule has 0 unspecified atom stereocenters. The number of fused-ring (bicyclic) bond motifs is 4. The van der Waals surface area contributed by atoms with Crippen LogP contribution in [-0.2, 0) is 6.54 Å². The molecule has 0 saturated carbocycles. The molecule has 2 aromatic carbocycles. The van der Waals surface area contributed by atoms with E-state index in [0.717, 1.165) is 18.8 Å². The molecule has 5 heteroatoms. The lowest BCUT2D eigenvalue weighted by Crippen LogP contribution is -2.41. The normalized spacial score (nSPS) is 19.1.